The predicted molar refractivity (Wildman–Crippen MR) is 106 cm³/mol. The molecule has 0 saturated heterocycles. The lowest BCUT2D eigenvalue weighted by atomic mass is 10.2. The predicted octanol–water partition coefficient (Wildman–Crippen LogP) is 1.76. The van der Waals surface area contributed by atoms with Gasteiger partial charge in [0.15, 0.2) is 5.11 Å². The first-order chi connectivity index (χ1) is 12.5. The standard InChI is InChI=1S/C18H24ClN5OS/c1-23(2)11-3-10-20-18(26)24(15-8-9-15)12-16-21-22-17(25-16)13-4-6-14(19)7-5-13/h4-7,15H,3,8-12H2,1-2H3,(H,20,26)/p+1. The quantitative estimate of drug-likeness (QED) is 0.525. The van der Waals surface area contributed by atoms with E-state index in [2.05, 4.69) is 34.5 Å². The molecule has 1 saturated carbocycles. The maximum atomic E-state index is 5.92. The summed E-state index contributed by atoms with van der Waals surface area (Å²) in [6.45, 7) is 2.54. The summed E-state index contributed by atoms with van der Waals surface area (Å²) in [6, 6.07) is 7.84. The van der Waals surface area contributed by atoms with Gasteiger partial charge in [-0.3, -0.25) is 0 Å². The summed E-state index contributed by atoms with van der Waals surface area (Å²) in [5.41, 5.74) is 0.859. The van der Waals surface area contributed by atoms with E-state index in [0.717, 1.165) is 43.0 Å². The lowest BCUT2D eigenvalue weighted by Crippen LogP contribution is -3.05. The molecule has 2 aromatic rings. The van der Waals surface area contributed by atoms with Gasteiger partial charge in [0.25, 0.3) is 0 Å². The molecule has 1 fully saturated rings. The Hall–Kier alpha value is -1.70. The molecule has 1 aromatic heterocycles. The van der Waals surface area contributed by atoms with Crippen molar-refractivity contribution in [2.45, 2.75) is 31.8 Å². The smallest absolute Gasteiger partial charge is 0.247 e. The maximum absolute atomic E-state index is 5.92. The average Bonchev–Trinajstić information content (AvgIpc) is 3.35. The number of quaternary nitrogens is 1. The van der Waals surface area contributed by atoms with Gasteiger partial charge in [0.1, 0.15) is 0 Å². The van der Waals surface area contributed by atoms with Crippen LogP contribution in [0.15, 0.2) is 28.7 Å². The maximum Gasteiger partial charge on any atom is 0.247 e. The van der Waals surface area contributed by atoms with Gasteiger partial charge in [0.05, 0.1) is 27.2 Å². The lowest BCUT2D eigenvalue weighted by molar-refractivity contribution is -0.858. The van der Waals surface area contributed by atoms with E-state index in [9.17, 15) is 0 Å². The molecular formula is C18H25ClN5OS+. The van der Waals surface area contributed by atoms with Crippen molar-refractivity contribution in [2.24, 2.45) is 0 Å². The molecule has 26 heavy (non-hydrogen) atoms. The fourth-order valence-corrected chi connectivity index (χ4v) is 3.11. The van der Waals surface area contributed by atoms with Crippen LogP contribution >= 0.6 is 23.8 Å². The van der Waals surface area contributed by atoms with Gasteiger partial charge >= 0.3 is 0 Å². The Morgan fingerprint density at radius 3 is 2.69 bits per heavy atom. The number of hydrogen-bond acceptors (Lipinski definition) is 4. The van der Waals surface area contributed by atoms with Gasteiger partial charge < -0.3 is 19.5 Å². The molecule has 3 rings (SSSR count). The molecule has 1 heterocycles. The van der Waals surface area contributed by atoms with Crippen LogP contribution in [0.25, 0.3) is 11.5 Å². The molecule has 8 heteroatoms. The molecule has 0 aliphatic heterocycles. The normalized spacial score (nSPS) is 13.8. The second-order valence-electron chi connectivity index (χ2n) is 6.91. The van der Waals surface area contributed by atoms with Crippen LogP contribution in [-0.4, -0.2) is 53.4 Å². The molecule has 0 amide bonds. The largest absolute Gasteiger partial charge is 0.419 e. The first-order valence-corrected chi connectivity index (χ1v) is 9.73. The summed E-state index contributed by atoms with van der Waals surface area (Å²) >= 11 is 11.5. The van der Waals surface area contributed by atoms with Gasteiger partial charge in [0, 0.05) is 29.6 Å². The minimum Gasteiger partial charge on any atom is -0.419 e. The fourth-order valence-electron chi connectivity index (χ4n) is 2.66. The van der Waals surface area contributed by atoms with Gasteiger partial charge in [-0.2, -0.15) is 0 Å². The van der Waals surface area contributed by atoms with E-state index in [1.165, 1.54) is 4.90 Å². The van der Waals surface area contributed by atoms with Gasteiger partial charge in [0.2, 0.25) is 11.8 Å². The Kier molecular flexibility index (Phi) is 6.45. The molecule has 1 aliphatic carbocycles. The van der Waals surface area contributed by atoms with Crippen molar-refractivity contribution in [1.29, 1.82) is 0 Å². The van der Waals surface area contributed by atoms with E-state index in [0.29, 0.717) is 29.4 Å². The minimum absolute atomic E-state index is 0.473. The molecule has 1 aliphatic rings. The van der Waals surface area contributed by atoms with Crippen molar-refractivity contribution in [2.75, 3.05) is 27.2 Å². The van der Waals surface area contributed by atoms with Crippen molar-refractivity contribution >= 4 is 28.9 Å². The number of aromatic nitrogens is 2. The first-order valence-electron chi connectivity index (χ1n) is 8.95. The Bertz CT molecular complexity index is 729. The third-order valence-electron chi connectivity index (χ3n) is 4.24. The summed E-state index contributed by atoms with van der Waals surface area (Å²) in [6.07, 6.45) is 3.39. The van der Waals surface area contributed by atoms with E-state index in [1.54, 1.807) is 0 Å². The molecular weight excluding hydrogens is 370 g/mol. The number of benzene rings is 1. The van der Waals surface area contributed by atoms with Crippen molar-refractivity contribution in [3.63, 3.8) is 0 Å². The number of nitrogens with one attached hydrogen (secondary N) is 2. The molecule has 1 aromatic carbocycles. The van der Waals surface area contributed by atoms with E-state index >= 15 is 0 Å². The molecule has 0 unspecified atom stereocenters. The zero-order valence-electron chi connectivity index (χ0n) is 15.2. The Morgan fingerprint density at radius 1 is 1.31 bits per heavy atom. The van der Waals surface area contributed by atoms with Gasteiger partial charge in [-0.25, -0.2) is 0 Å². The Labute approximate surface area is 164 Å². The van der Waals surface area contributed by atoms with Crippen LogP contribution in [0, 0.1) is 0 Å². The summed E-state index contributed by atoms with van der Waals surface area (Å²) in [4.78, 5) is 3.61. The van der Waals surface area contributed by atoms with Crippen LogP contribution in [0.5, 0.6) is 0 Å². The molecule has 0 radical (unpaired) electrons. The Morgan fingerprint density at radius 2 is 2.04 bits per heavy atom. The second-order valence-corrected chi connectivity index (χ2v) is 7.73. The lowest BCUT2D eigenvalue weighted by Gasteiger charge is -2.24. The van der Waals surface area contributed by atoms with Crippen molar-refractivity contribution in [1.82, 2.24) is 20.4 Å². The average molecular weight is 395 g/mol. The van der Waals surface area contributed by atoms with E-state index < -0.39 is 0 Å². The number of hydrogen-bond donors (Lipinski definition) is 2. The number of nitrogens with zero attached hydrogens (tertiary/aromatic N) is 3. The number of thiocarbonyl (C=S) groups is 1. The monoisotopic (exact) mass is 394 g/mol. The van der Waals surface area contributed by atoms with Crippen LogP contribution in [0.2, 0.25) is 5.02 Å². The highest BCUT2D eigenvalue weighted by atomic mass is 35.5. The Balaban J connectivity index is 1.58. The number of halogens is 1. The van der Waals surface area contributed by atoms with Gasteiger partial charge in [-0.15, -0.1) is 10.2 Å². The highest BCUT2D eigenvalue weighted by molar-refractivity contribution is 7.80. The third-order valence-corrected chi connectivity index (χ3v) is 4.87. The van der Waals surface area contributed by atoms with Crippen LogP contribution < -0.4 is 10.2 Å². The summed E-state index contributed by atoms with van der Waals surface area (Å²) < 4.78 is 5.83. The summed E-state index contributed by atoms with van der Waals surface area (Å²) in [7, 11) is 4.31. The zero-order valence-corrected chi connectivity index (χ0v) is 16.7. The van der Waals surface area contributed by atoms with Crippen molar-refractivity contribution in [3.05, 3.63) is 35.2 Å². The molecule has 0 spiro atoms. The van der Waals surface area contributed by atoms with Crippen molar-refractivity contribution in [3.8, 4) is 11.5 Å². The first kappa shape index (κ1) is 19.1. The van der Waals surface area contributed by atoms with Crippen LogP contribution in [0.1, 0.15) is 25.2 Å². The molecule has 6 nitrogen and oxygen atoms in total. The number of rotatable bonds is 8. The fraction of sp³-hybridized carbons (Fsp3) is 0.500. The molecule has 0 bridgehead atoms. The van der Waals surface area contributed by atoms with E-state index in [-0.39, 0.29) is 0 Å². The molecule has 2 N–H and O–H groups in total. The molecule has 140 valence electrons. The summed E-state index contributed by atoms with van der Waals surface area (Å²) in [5, 5.41) is 13.2. The van der Waals surface area contributed by atoms with E-state index in [1.807, 2.05) is 24.3 Å². The van der Waals surface area contributed by atoms with Crippen LogP contribution in [-0.2, 0) is 6.54 Å². The zero-order chi connectivity index (χ0) is 18.5. The van der Waals surface area contributed by atoms with Gasteiger partial charge in [-0.05, 0) is 49.3 Å². The highest BCUT2D eigenvalue weighted by Gasteiger charge is 2.32. The molecule has 0 atom stereocenters. The highest BCUT2D eigenvalue weighted by Crippen LogP contribution is 2.29. The van der Waals surface area contributed by atoms with Crippen molar-refractivity contribution < 1.29 is 9.32 Å². The minimum atomic E-state index is 0.473. The SMILES string of the molecule is C[NH+](C)CCCNC(=S)N(Cc1nnc(-c2ccc(Cl)cc2)o1)C1CC1. The van der Waals surface area contributed by atoms with Crippen LogP contribution in [0.4, 0.5) is 0 Å². The van der Waals surface area contributed by atoms with Gasteiger partial charge in [-0.1, -0.05) is 11.6 Å². The summed E-state index contributed by atoms with van der Waals surface area (Å²) in [5.74, 6) is 1.07. The topological polar surface area (TPSA) is 58.6 Å². The van der Waals surface area contributed by atoms with E-state index in [4.69, 9.17) is 28.2 Å². The second kappa shape index (κ2) is 8.79. The third kappa shape index (κ3) is 5.40. The van der Waals surface area contributed by atoms with Crippen LogP contribution in [0.3, 0.4) is 0 Å².